The summed E-state index contributed by atoms with van der Waals surface area (Å²) < 4.78 is 11.1. The van der Waals surface area contributed by atoms with Gasteiger partial charge in [0, 0.05) is 6.42 Å². The molecule has 1 aliphatic rings. The van der Waals surface area contributed by atoms with Crippen molar-refractivity contribution in [2.24, 2.45) is 5.73 Å². The average Bonchev–Trinajstić information content (AvgIpc) is 2.83. The van der Waals surface area contributed by atoms with E-state index < -0.39 is 0 Å². The van der Waals surface area contributed by atoms with E-state index in [-0.39, 0.29) is 6.10 Å². The lowest BCUT2D eigenvalue weighted by Gasteiger charge is -2.15. The lowest BCUT2D eigenvalue weighted by Crippen LogP contribution is -2.16. The average molecular weight is 256 g/mol. The standard InChI is InChI=1S/C13H18ClNO2/c1-9(7-15)10-2-3-13(12(14)6-10)17-11-4-5-16-8-11/h2-3,6,9,11H,4-5,7-8,15H2,1H3. The van der Waals surface area contributed by atoms with Crippen LogP contribution in [-0.4, -0.2) is 25.9 Å². The molecule has 4 heteroatoms. The Morgan fingerprint density at radius 3 is 3.00 bits per heavy atom. The van der Waals surface area contributed by atoms with Crippen LogP contribution in [0.1, 0.15) is 24.8 Å². The van der Waals surface area contributed by atoms with E-state index in [1.807, 2.05) is 18.2 Å². The van der Waals surface area contributed by atoms with Crippen LogP contribution in [0.3, 0.4) is 0 Å². The van der Waals surface area contributed by atoms with Crippen LogP contribution in [0.5, 0.6) is 5.75 Å². The molecule has 1 fully saturated rings. The Balaban J connectivity index is 2.08. The molecule has 3 nitrogen and oxygen atoms in total. The number of nitrogens with two attached hydrogens (primary N) is 1. The molecule has 0 aliphatic carbocycles. The maximum absolute atomic E-state index is 6.20. The quantitative estimate of drug-likeness (QED) is 0.899. The van der Waals surface area contributed by atoms with E-state index in [9.17, 15) is 0 Å². The zero-order valence-corrected chi connectivity index (χ0v) is 10.7. The first-order chi connectivity index (χ1) is 8.20. The van der Waals surface area contributed by atoms with Gasteiger partial charge in [-0.1, -0.05) is 24.6 Å². The predicted molar refractivity (Wildman–Crippen MR) is 68.8 cm³/mol. The highest BCUT2D eigenvalue weighted by atomic mass is 35.5. The lowest BCUT2D eigenvalue weighted by molar-refractivity contribution is 0.141. The van der Waals surface area contributed by atoms with Crippen molar-refractivity contribution in [2.75, 3.05) is 19.8 Å². The lowest BCUT2D eigenvalue weighted by atomic mass is 10.0. The molecule has 2 rings (SSSR count). The SMILES string of the molecule is CC(CN)c1ccc(OC2CCOC2)c(Cl)c1. The molecule has 0 saturated carbocycles. The molecule has 0 aromatic heterocycles. The van der Waals surface area contributed by atoms with Gasteiger partial charge in [0.2, 0.25) is 0 Å². The molecular formula is C13H18ClNO2. The van der Waals surface area contributed by atoms with E-state index in [0.717, 1.165) is 24.3 Å². The molecule has 1 aromatic rings. The zero-order valence-electron chi connectivity index (χ0n) is 9.99. The second-order valence-electron chi connectivity index (χ2n) is 4.43. The van der Waals surface area contributed by atoms with E-state index in [1.54, 1.807) is 0 Å². The van der Waals surface area contributed by atoms with Gasteiger partial charge in [0.1, 0.15) is 11.9 Å². The van der Waals surface area contributed by atoms with Crippen molar-refractivity contribution in [2.45, 2.75) is 25.4 Å². The number of hydrogen-bond donors (Lipinski definition) is 1. The maximum Gasteiger partial charge on any atom is 0.138 e. The molecule has 1 heterocycles. The Bertz CT molecular complexity index is 378. The van der Waals surface area contributed by atoms with Crippen LogP contribution in [0.2, 0.25) is 5.02 Å². The molecule has 1 saturated heterocycles. The van der Waals surface area contributed by atoms with Crippen molar-refractivity contribution in [3.05, 3.63) is 28.8 Å². The van der Waals surface area contributed by atoms with Crippen molar-refractivity contribution in [1.82, 2.24) is 0 Å². The number of hydrogen-bond acceptors (Lipinski definition) is 3. The fraction of sp³-hybridized carbons (Fsp3) is 0.538. The highest BCUT2D eigenvalue weighted by Gasteiger charge is 2.18. The summed E-state index contributed by atoms with van der Waals surface area (Å²) in [7, 11) is 0. The third kappa shape index (κ3) is 3.12. The minimum atomic E-state index is 0.130. The van der Waals surface area contributed by atoms with Gasteiger partial charge in [-0.25, -0.2) is 0 Å². The number of halogens is 1. The molecule has 2 N–H and O–H groups in total. The molecule has 0 amide bonds. The van der Waals surface area contributed by atoms with Gasteiger partial charge in [0.15, 0.2) is 0 Å². The Labute approximate surface area is 107 Å². The smallest absolute Gasteiger partial charge is 0.138 e. The number of rotatable bonds is 4. The van der Waals surface area contributed by atoms with Crippen LogP contribution in [0, 0.1) is 0 Å². The summed E-state index contributed by atoms with van der Waals surface area (Å²) in [5, 5.41) is 0.648. The summed E-state index contributed by atoms with van der Waals surface area (Å²) in [4.78, 5) is 0. The van der Waals surface area contributed by atoms with E-state index in [0.29, 0.717) is 24.1 Å². The summed E-state index contributed by atoms with van der Waals surface area (Å²) in [6.45, 7) is 4.12. The van der Waals surface area contributed by atoms with E-state index >= 15 is 0 Å². The summed E-state index contributed by atoms with van der Waals surface area (Å²) >= 11 is 6.20. The van der Waals surface area contributed by atoms with E-state index in [2.05, 4.69) is 6.92 Å². The minimum absolute atomic E-state index is 0.130. The third-order valence-corrected chi connectivity index (χ3v) is 3.36. The monoisotopic (exact) mass is 255 g/mol. The second-order valence-corrected chi connectivity index (χ2v) is 4.84. The van der Waals surface area contributed by atoms with Gasteiger partial charge in [-0.3, -0.25) is 0 Å². The summed E-state index contributed by atoms with van der Waals surface area (Å²) in [6.07, 6.45) is 1.06. The Kier molecular flexibility index (Phi) is 4.26. The highest BCUT2D eigenvalue weighted by Crippen LogP contribution is 2.30. The first-order valence-electron chi connectivity index (χ1n) is 5.94. The van der Waals surface area contributed by atoms with Gasteiger partial charge in [-0.2, -0.15) is 0 Å². The maximum atomic E-state index is 6.20. The van der Waals surface area contributed by atoms with Crippen molar-refractivity contribution >= 4 is 11.6 Å². The van der Waals surface area contributed by atoms with Gasteiger partial charge in [0.05, 0.1) is 18.2 Å². The van der Waals surface area contributed by atoms with Crippen molar-refractivity contribution in [3.63, 3.8) is 0 Å². The Morgan fingerprint density at radius 2 is 2.41 bits per heavy atom. The van der Waals surface area contributed by atoms with Crippen LogP contribution in [0.4, 0.5) is 0 Å². The zero-order chi connectivity index (χ0) is 12.3. The van der Waals surface area contributed by atoms with Gasteiger partial charge in [0.25, 0.3) is 0 Å². The molecule has 17 heavy (non-hydrogen) atoms. The minimum Gasteiger partial charge on any atom is -0.486 e. The largest absolute Gasteiger partial charge is 0.486 e. The first-order valence-corrected chi connectivity index (χ1v) is 6.32. The topological polar surface area (TPSA) is 44.5 Å². The van der Waals surface area contributed by atoms with Crippen LogP contribution in [0.15, 0.2) is 18.2 Å². The predicted octanol–water partition coefficient (Wildman–Crippen LogP) is 2.57. The molecule has 1 aromatic carbocycles. The van der Waals surface area contributed by atoms with Crippen molar-refractivity contribution in [3.8, 4) is 5.75 Å². The summed E-state index contributed by atoms with van der Waals surface area (Å²) in [5.41, 5.74) is 6.78. The Morgan fingerprint density at radius 1 is 1.59 bits per heavy atom. The molecule has 94 valence electrons. The molecule has 0 radical (unpaired) electrons. The van der Waals surface area contributed by atoms with Crippen LogP contribution < -0.4 is 10.5 Å². The summed E-state index contributed by atoms with van der Waals surface area (Å²) in [5.74, 6) is 1.05. The van der Waals surface area contributed by atoms with Gasteiger partial charge >= 0.3 is 0 Å². The first kappa shape index (κ1) is 12.7. The van der Waals surface area contributed by atoms with Crippen molar-refractivity contribution < 1.29 is 9.47 Å². The fourth-order valence-corrected chi connectivity index (χ4v) is 2.07. The van der Waals surface area contributed by atoms with Gasteiger partial charge in [-0.05, 0) is 30.2 Å². The molecule has 0 bridgehead atoms. The number of ether oxygens (including phenoxy) is 2. The molecule has 0 spiro atoms. The second kappa shape index (κ2) is 5.71. The molecule has 1 aliphatic heterocycles. The normalized spacial score (nSPS) is 21.5. The van der Waals surface area contributed by atoms with E-state index in [1.165, 1.54) is 0 Å². The van der Waals surface area contributed by atoms with E-state index in [4.69, 9.17) is 26.8 Å². The van der Waals surface area contributed by atoms with Crippen molar-refractivity contribution in [1.29, 1.82) is 0 Å². The van der Waals surface area contributed by atoms with Crippen LogP contribution in [-0.2, 0) is 4.74 Å². The highest BCUT2D eigenvalue weighted by molar-refractivity contribution is 6.32. The molecule has 2 atom stereocenters. The summed E-state index contributed by atoms with van der Waals surface area (Å²) in [6, 6.07) is 5.88. The molecule has 2 unspecified atom stereocenters. The third-order valence-electron chi connectivity index (χ3n) is 3.06. The molecular weight excluding hydrogens is 238 g/mol. The Hall–Kier alpha value is -0.770. The fourth-order valence-electron chi connectivity index (χ4n) is 1.84. The van der Waals surface area contributed by atoms with Gasteiger partial charge < -0.3 is 15.2 Å². The van der Waals surface area contributed by atoms with Gasteiger partial charge in [-0.15, -0.1) is 0 Å². The number of benzene rings is 1. The van der Waals surface area contributed by atoms with Crippen LogP contribution >= 0.6 is 11.6 Å². The van der Waals surface area contributed by atoms with Crippen LogP contribution in [0.25, 0.3) is 0 Å².